The lowest BCUT2D eigenvalue weighted by molar-refractivity contribution is -0.144. The Labute approximate surface area is 98.6 Å². The molecule has 0 unspecified atom stereocenters. The van der Waals surface area contributed by atoms with Crippen molar-refractivity contribution in [3.8, 4) is 0 Å². The second kappa shape index (κ2) is 12.2. The van der Waals surface area contributed by atoms with E-state index in [0.29, 0.717) is 19.4 Å². The summed E-state index contributed by atoms with van der Waals surface area (Å²) in [5.74, 6) is -0.124. The molecule has 0 saturated heterocycles. The van der Waals surface area contributed by atoms with Crippen molar-refractivity contribution in [2.75, 3.05) is 6.61 Å². The zero-order valence-electron chi connectivity index (χ0n) is 10.4. The van der Waals surface area contributed by atoms with E-state index in [1.54, 1.807) is 0 Å². The van der Waals surface area contributed by atoms with E-state index in [-0.39, 0.29) is 5.97 Å². The lowest BCUT2D eigenvalue weighted by Crippen LogP contribution is -2.05. The van der Waals surface area contributed by atoms with E-state index in [4.69, 9.17) is 4.74 Å². The molecule has 0 aliphatic rings. The molecule has 0 saturated carbocycles. The highest BCUT2D eigenvalue weighted by Gasteiger charge is 2.01. The van der Waals surface area contributed by atoms with Gasteiger partial charge in [0.05, 0.1) is 6.61 Å². The molecule has 94 valence electrons. The molecular formula is C13H24O3. The highest BCUT2D eigenvalue weighted by molar-refractivity contribution is 5.69. The molecule has 0 atom stereocenters. The minimum atomic E-state index is -0.124. The van der Waals surface area contributed by atoms with Crippen molar-refractivity contribution >= 4 is 12.3 Å². The molecule has 0 bridgehead atoms. The molecule has 3 heteroatoms. The molecule has 0 amide bonds. The average Bonchev–Trinajstić information content (AvgIpc) is 2.29. The number of esters is 1. The number of carbonyl (C=O) groups is 2. The minimum Gasteiger partial charge on any atom is -0.466 e. The van der Waals surface area contributed by atoms with Gasteiger partial charge >= 0.3 is 5.97 Å². The Morgan fingerprint density at radius 3 is 2.50 bits per heavy atom. The van der Waals surface area contributed by atoms with Crippen molar-refractivity contribution in [2.45, 2.75) is 64.7 Å². The third kappa shape index (κ3) is 11.2. The first kappa shape index (κ1) is 15.1. The van der Waals surface area contributed by atoms with Crippen LogP contribution in [0, 0.1) is 0 Å². The summed E-state index contributed by atoms with van der Waals surface area (Å²) < 4.78 is 5.08. The average molecular weight is 228 g/mol. The first-order valence-corrected chi connectivity index (χ1v) is 6.40. The van der Waals surface area contributed by atoms with E-state index in [0.717, 1.165) is 32.0 Å². The largest absolute Gasteiger partial charge is 0.466 e. The highest BCUT2D eigenvalue weighted by atomic mass is 16.5. The summed E-state index contributed by atoms with van der Waals surface area (Å²) >= 11 is 0. The Kier molecular flexibility index (Phi) is 11.6. The topological polar surface area (TPSA) is 43.4 Å². The van der Waals surface area contributed by atoms with Crippen LogP contribution in [0.3, 0.4) is 0 Å². The first-order valence-electron chi connectivity index (χ1n) is 6.40. The van der Waals surface area contributed by atoms with Crippen molar-refractivity contribution in [3.05, 3.63) is 0 Å². The molecule has 16 heavy (non-hydrogen) atoms. The Morgan fingerprint density at radius 2 is 1.81 bits per heavy atom. The van der Waals surface area contributed by atoms with Crippen LogP contribution < -0.4 is 0 Å². The van der Waals surface area contributed by atoms with Crippen molar-refractivity contribution < 1.29 is 14.3 Å². The van der Waals surface area contributed by atoms with Gasteiger partial charge in [-0.05, 0) is 19.3 Å². The van der Waals surface area contributed by atoms with Crippen LogP contribution in [0.15, 0.2) is 0 Å². The van der Waals surface area contributed by atoms with Gasteiger partial charge in [-0.15, -0.1) is 0 Å². The quantitative estimate of drug-likeness (QED) is 0.310. The van der Waals surface area contributed by atoms with Gasteiger partial charge in [0, 0.05) is 12.8 Å². The van der Waals surface area contributed by atoms with Crippen molar-refractivity contribution in [2.24, 2.45) is 0 Å². The van der Waals surface area contributed by atoms with Crippen LogP contribution in [0.1, 0.15) is 64.7 Å². The minimum absolute atomic E-state index is 0.124. The predicted octanol–water partition coefficient (Wildman–Crippen LogP) is 3.26. The molecule has 0 N–H and O–H groups in total. The molecule has 0 aromatic rings. The fourth-order valence-electron chi connectivity index (χ4n) is 1.46. The van der Waals surface area contributed by atoms with Crippen molar-refractivity contribution in [1.29, 1.82) is 0 Å². The van der Waals surface area contributed by atoms with E-state index >= 15 is 0 Å². The summed E-state index contributed by atoms with van der Waals surface area (Å²) in [6.45, 7) is 2.73. The Balaban J connectivity index is 3.14. The maximum Gasteiger partial charge on any atom is 0.305 e. The van der Waals surface area contributed by atoms with Crippen LogP contribution in [0.2, 0.25) is 0 Å². The highest BCUT2D eigenvalue weighted by Crippen LogP contribution is 2.04. The zero-order chi connectivity index (χ0) is 12.1. The van der Waals surface area contributed by atoms with Crippen LogP contribution in [-0.2, 0) is 14.3 Å². The van der Waals surface area contributed by atoms with Gasteiger partial charge < -0.3 is 9.53 Å². The Morgan fingerprint density at radius 1 is 1.06 bits per heavy atom. The zero-order valence-corrected chi connectivity index (χ0v) is 10.4. The maximum absolute atomic E-state index is 11.2. The standard InChI is InChI=1S/C13H24O3/c1-2-3-4-5-9-12-16-13(15)10-7-6-8-11-14/h11H,2-10,12H2,1H3. The van der Waals surface area contributed by atoms with E-state index in [2.05, 4.69) is 6.92 Å². The van der Waals surface area contributed by atoms with Gasteiger partial charge in [-0.25, -0.2) is 0 Å². The second-order valence-corrected chi connectivity index (χ2v) is 4.05. The van der Waals surface area contributed by atoms with E-state index < -0.39 is 0 Å². The molecule has 0 spiro atoms. The summed E-state index contributed by atoms with van der Waals surface area (Å²) in [7, 11) is 0. The molecule has 0 aromatic heterocycles. The normalized spacial score (nSPS) is 10.1. The molecule has 0 rings (SSSR count). The number of unbranched alkanes of at least 4 members (excludes halogenated alkanes) is 6. The van der Waals surface area contributed by atoms with E-state index in [1.807, 2.05) is 0 Å². The molecule has 0 heterocycles. The van der Waals surface area contributed by atoms with Crippen molar-refractivity contribution in [3.63, 3.8) is 0 Å². The Bertz CT molecular complexity index is 178. The van der Waals surface area contributed by atoms with Crippen LogP contribution in [-0.4, -0.2) is 18.9 Å². The molecule has 0 aliphatic heterocycles. The molecular weight excluding hydrogens is 204 g/mol. The fraction of sp³-hybridized carbons (Fsp3) is 0.846. The van der Waals surface area contributed by atoms with Crippen LogP contribution in [0.25, 0.3) is 0 Å². The number of hydrogen-bond donors (Lipinski definition) is 0. The summed E-state index contributed by atoms with van der Waals surface area (Å²) in [5, 5.41) is 0. The van der Waals surface area contributed by atoms with Gasteiger partial charge in [-0.3, -0.25) is 4.79 Å². The Hall–Kier alpha value is -0.860. The summed E-state index contributed by atoms with van der Waals surface area (Å²) in [6.07, 6.45) is 9.27. The first-order chi connectivity index (χ1) is 7.81. The molecule has 3 nitrogen and oxygen atoms in total. The lowest BCUT2D eigenvalue weighted by Gasteiger charge is -2.04. The van der Waals surface area contributed by atoms with E-state index in [1.165, 1.54) is 19.3 Å². The second-order valence-electron chi connectivity index (χ2n) is 4.05. The fourth-order valence-corrected chi connectivity index (χ4v) is 1.46. The van der Waals surface area contributed by atoms with E-state index in [9.17, 15) is 9.59 Å². The third-order valence-corrected chi connectivity index (χ3v) is 2.46. The van der Waals surface area contributed by atoms with Gasteiger partial charge in [-0.2, -0.15) is 0 Å². The monoisotopic (exact) mass is 228 g/mol. The van der Waals surface area contributed by atoms with Crippen molar-refractivity contribution in [1.82, 2.24) is 0 Å². The SMILES string of the molecule is CCCCCCCOC(=O)CCCCC=O. The van der Waals surface area contributed by atoms with Gasteiger partial charge in [0.15, 0.2) is 0 Å². The van der Waals surface area contributed by atoms with Gasteiger partial charge in [0.1, 0.15) is 6.29 Å². The number of ether oxygens (including phenoxy) is 1. The lowest BCUT2D eigenvalue weighted by atomic mass is 10.2. The molecule has 0 radical (unpaired) electrons. The summed E-state index contributed by atoms with van der Waals surface area (Å²) in [4.78, 5) is 21.2. The molecule has 0 fully saturated rings. The number of rotatable bonds is 11. The predicted molar refractivity (Wildman–Crippen MR) is 64.3 cm³/mol. The molecule has 0 aliphatic carbocycles. The number of carbonyl (C=O) groups excluding carboxylic acids is 2. The van der Waals surface area contributed by atoms with Crippen LogP contribution in [0.5, 0.6) is 0 Å². The maximum atomic E-state index is 11.2. The van der Waals surface area contributed by atoms with Crippen LogP contribution >= 0.6 is 0 Å². The smallest absolute Gasteiger partial charge is 0.305 e. The number of hydrogen-bond acceptors (Lipinski definition) is 3. The van der Waals surface area contributed by atoms with Gasteiger partial charge in [0.2, 0.25) is 0 Å². The summed E-state index contributed by atoms with van der Waals surface area (Å²) in [5.41, 5.74) is 0. The summed E-state index contributed by atoms with van der Waals surface area (Å²) in [6, 6.07) is 0. The van der Waals surface area contributed by atoms with Crippen LogP contribution in [0.4, 0.5) is 0 Å². The third-order valence-electron chi connectivity index (χ3n) is 2.46. The number of aldehydes is 1. The molecule has 0 aromatic carbocycles. The van der Waals surface area contributed by atoms with Gasteiger partial charge in [-0.1, -0.05) is 32.6 Å². The van der Waals surface area contributed by atoms with Gasteiger partial charge in [0.25, 0.3) is 0 Å².